The number of rotatable bonds is 4. The monoisotopic (exact) mass is 472 g/mol. The third kappa shape index (κ3) is 4.35. The zero-order valence-corrected chi connectivity index (χ0v) is 19.4. The number of para-hydroxylation sites is 1. The number of nitrogens with zero attached hydrogens (tertiary/aromatic N) is 4. The Kier molecular flexibility index (Phi) is 6.18. The average molecular weight is 473 g/mol. The van der Waals surface area contributed by atoms with Crippen molar-refractivity contribution in [1.82, 2.24) is 14.8 Å². The van der Waals surface area contributed by atoms with E-state index in [2.05, 4.69) is 34.2 Å². The van der Waals surface area contributed by atoms with Crippen LogP contribution in [0.2, 0.25) is 0 Å². The van der Waals surface area contributed by atoms with Crippen LogP contribution in [0.3, 0.4) is 0 Å². The number of benzene rings is 2. The van der Waals surface area contributed by atoms with Crippen molar-refractivity contribution in [3.8, 4) is 5.75 Å². The highest BCUT2D eigenvalue weighted by molar-refractivity contribution is 5.96. The van der Waals surface area contributed by atoms with E-state index in [1.54, 1.807) is 18.1 Å². The molecule has 0 bridgehead atoms. The van der Waals surface area contributed by atoms with E-state index in [1.807, 2.05) is 24.3 Å². The van der Waals surface area contributed by atoms with Crippen LogP contribution in [-0.2, 0) is 0 Å². The molecule has 3 heterocycles. The summed E-state index contributed by atoms with van der Waals surface area (Å²) in [7, 11) is 1.60. The van der Waals surface area contributed by atoms with E-state index in [4.69, 9.17) is 4.74 Å². The summed E-state index contributed by atoms with van der Waals surface area (Å²) in [6.07, 6.45) is 5.59. The maximum absolute atomic E-state index is 13.9. The van der Waals surface area contributed by atoms with E-state index in [1.165, 1.54) is 23.2 Å². The molecule has 0 unspecified atom stereocenters. The van der Waals surface area contributed by atoms with E-state index in [0.29, 0.717) is 44.0 Å². The summed E-state index contributed by atoms with van der Waals surface area (Å²) in [4.78, 5) is 35.1. The first-order valence-electron chi connectivity index (χ1n) is 11.5. The second-order valence-corrected chi connectivity index (χ2v) is 8.38. The lowest BCUT2D eigenvalue weighted by molar-refractivity contribution is 0.0529. The number of piperazine rings is 1. The van der Waals surface area contributed by atoms with Gasteiger partial charge in [0.25, 0.3) is 11.8 Å². The van der Waals surface area contributed by atoms with Crippen molar-refractivity contribution in [3.05, 3.63) is 89.5 Å². The highest BCUT2D eigenvalue weighted by Crippen LogP contribution is 2.38. The van der Waals surface area contributed by atoms with Gasteiger partial charge in [-0.1, -0.05) is 30.4 Å². The molecule has 8 heteroatoms. The third-order valence-electron chi connectivity index (χ3n) is 6.35. The lowest BCUT2D eigenvalue weighted by Crippen LogP contribution is -2.50. The lowest BCUT2D eigenvalue weighted by atomic mass is 10.1. The molecule has 0 atom stereocenters. The number of fused-ring (bicyclic) bond motifs is 1. The minimum absolute atomic E-state index is 0.134. The first-order valence-corrected chi connectivity index (χ1v) is 11.5. The number of amides is 2. The van der Waals surface area contributed by atoms with Crippen molar-refractivity contribution < 1.29 is 18.7 Å². The molecule has 1 fully saturated rings. The molecule has 2 aromatic carbocycles. The topological polar surface area (TPSA) is 66.0 Å². The van der Waals surface area contributed by atoms with E-state index in [0.717, 1.165) is 16.9 Å². The predicted molar refractivity (Wildman–Crippen MR) is 131 cm³/mol. The SMILES string of the molecule is COc1cc(C(=O)N2CCN(C(=O)c3ncccc3F)CC2)ccc1N1CC=Cc2ccccc21. The van der Waals surface area contributed by atoms with Gasteiger partial charge in [-0.15, -0.1) is 0 Å². The number of methoxy groups -OCH3 is 1. The Labute approximate surface area is 203 Å². The summed E-state index contributed by atoms with van der Waals surface area (Å²) in [5, 5.41) is 0. The van der Waals surface area contributed by atoms with Crippen LogP contribution in [0.1, 0.15) is 26.4 Å². The maximum Gasteiger partial charge on any atom is 0.275 e. The van der Waals surface area contributed by atoms with Crippen LogP contribution in [0.25, 0.3) is 6.08 Å². The van der Waals surface area contributed by atoms with Crippen LogP contribution in [0.15, 0.2) is 66.9 Å². The number of hydrogen-bond donors (Lipinski definition) is 0. The summed E-state index contributed by atoms with van der Waals surface area (Å²) in [5.74, 6) is -0.627. The molecule has 1 saturated heterocycles. The Hall–Kier alpha value is -4.20. The first kappa shape index (κ1) is 22.6. The quantitative estimate of drug-likeness (QED) is 0.575. The molecule has 178 valence electrons. The minimum Gasteiger partial charge on any atom is -0.495 e. The van der Waals surface area contributed by atoms with Crippen molar-refractivity contribution in [3.63, 3.8) is 0 Å². The molecular weight excluding hydrogens is 447 g/mol. The average Bonchev–Trinajstić information content (AvgIpc) is 2.92. The Morgan fingerprint density at radius 3 is 2.40 bits per heavy atom. The van der Waals surface area contributed by atoms with Crippen LogP contribution in [0.5, 0.6) is 5.75 Å². The second kappa shape index (κ2) is 9.58. The Morgan fingerprint density at radius 1 is 0.914 bits per heavy atom. The molecule has 0 saturated carbocycles. The van der Waals surface area contributed by atoms with E-state index in [9.17, 15) is 14.0 Å². The molecule has 3 aromatic rings. The molecule has 2 aliphatic rings. The van der Waals surface area contributed by atoms with Gasteiger partial charge in [-0.3, -0.25) is 9.59 Å². The molecule has 7 nitrogen and oxygen atoms in total. The Morgan fingerprint density at radius 2 is 1.66 bits per heavy atom. The van der Waals surface area contributed by atoms with Crippen LogP contribution in [0, 0.1) is 5.82 Å². The van der Waals surface area contributed by atoms with Gasteiger partial charge in [0, 0.05) is 50.2 Å². The smallest absolute Gasteiger partial charge is 0.275 e. The number of halogens is 1. The summed E-state index contributed by atoms with van der Waals surface area (Å²) in [6.45, 7) is 2.04. The molecule has 5 rings (SSSR count). The van der Waals surface area contributed by atoms with Crippen LogP contribution in [0.4, 0.5) is 15.8 Å². The highest BCUT2D eigenvalue weighted by atomic mass is 19.1. The van der Waals surface area contributed by atoms with Crippen LogP contribution in [-0.4, -0.2) is 66.4 Å². The van der Waals surface area contributed by atoms with E-state index in [-0.39, 0.29) is 11.6 Å². The van der Waals surface area contributed by atoms with Gasteiger partial charge < -0.3 is 19.4 Å². The van der Waals surface area contributed by atoms with Gasteiger partial charge in [-0.05, 0) is 42.0 Å². The van der Waals surface area contributed by atoms with Gasteiger partial charge in [0.15, 0.2) is 11.5 Å². The summed E-state index contributed by atoms with van der Waals surface area (Å²) >= 11 is 0. The molecule has 1 aromatic heterocycles. The maximum atomic E-state index is 13.9. The fourth-order valence-corrected chi connectivity index (χ4v) is 4.51. The molecule has 0 N–H and O–H groups in total. The Bertz CT molecular complexity index is 1300. The van der Waals surface area contributed by atoms with Crippen molar-refractivity contribution in [2.24, 2.45) is 0 Å². The van der Waals surface area contributed by atoms with Gasteiger partial charge in [-0.2, -0.15) is 0 Å². The molecule has 0 radical (unpaired) electrons. The summed E-state index contributed by atoms with van der Waals surface area (Å²) in [5.41, 5.74) is 3.41. The van der Waals surface area contributed by atoms with Crippen molar-refractivity contribution in [2.75, 3.05) is 44.7 Å². The van der Waals surface area contributed by atoms with Gasteiger partial charge in [0.2, 0.25) is 0 Å². The normalized spacial score (nSPS) is 15.1. The van der Waals surface area contributed by atoms with Gasteiger partial charge in [0.05, 0.1) is 12.8 Å². The number of carbonyl (C=O) groups excluding carboxylic acids is 2. The predicted octanol–water partition coefficient (Wildman–Crippen LogP) is 3.99. The van der Waals surface area contributed by atoms with Gasteiger partial charge in [0.1, 0.15) is 5.75 Å². The third-order valence-corrected chi connectivity index (χ3v) is 6.35. The molecule has 2 amide bonds. The number of aromatic nitrogens is 1. The lowest BCUT2D eigenvalue weighted by Gasteiger charge is -2.35. The summed E-state index contributed by atoms with van der Waals surface area (Å²) in [6, 6.07) is 16.3. The van der Waals surface area contributed by atoms with Crippen molar-refractivity contribution >= 4 is 29.3 Å². The molecular formula is C27H25FN4O3. The summed E-state index contributed by atoms with van der Waals surface area (Å²) < 4.78 is 19.6. The fourth-order valence-electron chi connectivity index (χ4n) is 4.51. The molecule has 0 aliphatic carbocycles. The number of hydrogen-bond acceptors (Lipinski definition) is 5. The number of pyridine rings is 1. The van der Waals surface area contributed by atoms with Gasteiger partial charge in [-0.25, -0.2) is 9.37 Å². The standard InChI is InChI=1S/C27H25FN4O3/c1-35-24-18-20(10-11-23(24)32-13-5-7-19-6-2-3-9-22(19)32)26(33)30-14-16-31(17-15-30)27(34)25-21(28)8-4-12-29-25/h2-12,18H,13-17H2,1H3. The van der Waals surface area contributed by atoms with E-state index < -0.39 is 11.7 Å². The zero-order chi connectivity index (χ0) is 24.4. The number of anilines is 2. The van der Waals surface area contributed by atoms with Crippen molar-refractivity contribution in [2.45, 2.75) is 0 Å². The zero-order valence-electron chi connectivity index (χ0n) is 19.4. The van der Waals surface area contributed by atoms with Crippen LogP contribution >= 0.6 is 0 Å². The largest absolute Gasteiger partial charge is 0.495 e. The van der Waals surface area contributed by atoms with Gasteiger partial charge >= 0.3 is 0 Å². The van der Waals surface area contributed by atoms with E-state index >= 15 is 0 Å². The molecule has 35 heavy (non-hydrogen) atoms. The number of ether oxygens (including phenoxy) is 1. The van der Waals surface area contributed by atoms with Crippen LogP contribution < -0.4 is 9.64 Å². The second-order valence-electron chi connectivity index (χ2n) is 8.38. The fraction of sp³-hybridized carbons (Fsp3) is 0.222. The Balaban J connectivity index is 1.30. The number of carbonyl (C=O) groups is 2. The van der Waals surface area contributed by atoms with Crippen molar-refractivity contribution in [1.29, 1.82) is 0 Å². The first-order chi connectivity index (χ1) is 17.1. The molecule has 2 aliphatic heterocycles. The highest BCUT2D eigenvalue weighted by Gasteiger charge is 2.28. The molecule has 0 spiro atoms. The minimum atomic E-state index is -0.644.